The van der Waals surface area contributed by atoms with E-state index in [0.29, 0.717) is 11.8 Å². The maximum atomic E-state index is 13.0. The van der Waals surface area contributed by atoms with E-state index >= 15 is 0 Å². The van der Waals surface area contributed by atoms with Gasteiger partial charge in [-0.05, 0) is 44.6 Å². The number of hydrogen-bond acceptors (Lipinski definition) is 4. The Morgan fingerprint density at radius 1 is 1.09 bits per heavy atom. The van der Waals surface area contributed by atoms with Gasteiger partial charge < -0.3 is 15.0 Å². The summed E-state index contributed by atoms with van der Waals surface area (Å²) >= 11 is 0. The summed E-state index contributed by atoms with van der Waals surface area (Å²) < 4.78 is 5.49. The van der Waals surface area contributed by atoms with Crippen LogP contribution in [0.15, 0.2) is 0 Å². The summed E-state index contributed by atoms with van der Waals surface area (Å²) in [5.41, 5.74) is -0.238. The van der Waals surface area contributed by atoms with Crippen LogP contribution in [0.5, 0.6) is 0 Å². The fourth-order valence-corrected chi connectivity index (χ4v) is 4.84. The fourth-order valence-electron chi connectivity index (χ4n) is 4.84. The lowest BCUT2D eigenvalue weighted by molar-refractivity contribution is -0.137. The van der Waals surface area contributed by atoms with E-state index in [-0.39, 0.29) is 5.54 Å². The van der Waals surface area contributed by atoms with Gasteiger partial charge in [0, 0.05) is 32.2 Å². The Hall–Kier alpha value is -0.650. The minimum Gasteiger partial charge on any atom is -0.379 e. The lowest BCUT2D eigenvalue weighted by atomic mass is 9.92. The molecule has 0 radical (unpaired) electrons. The summed E-state index contributed by atoms with van der Waals surface area (Å²) in [7, 11) is 0. The van der Waals surface area contributed by atoms with Crippen molar-refractivity contribution in [2.45, 2.75) is 56.5 Å². The molecule has 2 heterocycles. The average molecular weight is 321 g/mol. The molecule has 2 aliphatic heterocycles. The summed E-state index contributed by atoms with van der Waals surface area (Å²) in [6.07, 6.45) is 8.45. The Morgan fingerprint density at radius 2 is 1.83 bits per heavy atom. The monoisotopic (exact) mass is 321 g/mol. The molecule has 1 amide bonds. The summed E-state index contributed by atoms with van der Waals surface area (Å²) in [5, 5.41) is 3.34. The number of likely N-dealkylation sites (tertiary alicyclic amines) is 1. The van der Waals surface area contributed by atoms with Gasteiger partial charge >= 0.3 is 0 Å². The van der Waals surface area contributed by atoms with Crippen molar-refractivity contribution in [3.63, 3.8) is 0 Å². The van der Waals surface area contributed by atoms with Crippen LogP contribution >= 0.6 is 0 Å². The third-order valence-electron chi connectivity index (χ3n) is 6.40. The van der Waals surface area contributed by atoms with E-state index in [0.717, 1.165) is 51.7 Å². The molecule has 4 aliphatic rings. The van der Waals surface area contributed by atoms with Gasteiger partial charge in [-0.3, -0.25) is 9.69 Å². The molecule has 2 aliphatic carbocycles. The molecule has 130 valence electrons. The molecule has 23 heavy (non-hydrogen) atoms. The normalized spacial score (nSPS) is 32.3. The lowest BCUT2D eigenvalue weighted by Gasteiger charge is -2.42. The van der Waals surface area contributed by atoms with Crippen LogP contribution in [0.3, 0.4) is 0 Å². The average Bonchev–Trinajstić information content (AvgIpc) is 3.14. The van der Waals surface area contributed by atoms with Crippen LogP contribution in [-0.4, -0.2) is 73.2 Å². The van der Waals surface area contributed by atoms with E-state index in [2.05, 4.69) is 15.1 Å². The Morgan fingerprint density at radius 3 is 2.52 bits per heavy atom. The predicted molar refractivity (Wildman–Crippen MR) is 89.3 cm³/mol. The Balaban J connectivity index is 1.32. The summed E-state index contributed by atoms with van der Waals surface area (Å²) in [6, 6.07) is 0.866. The molecule has 0 aromatic carbocycles. The fraction of sp³-hybridized carbons (Fsp3) is 0.944. The zero-order valence-electron chi connectivity index (χ0n) is 14.3. The molecule has 5 nitrogen and oxygen atoms in total. The minimum absolute atomic E-state index is 0.238. The maximum Gasteiger partial charge on any atom is 0.240 e. The minimum atomic E-state index is -0.238. The number of nitrogens with zero attached hydrogens (tertiary/aromatic N) is 2. The van der Waals surface area contributed by atoms with Crippen LogP contribution in [-0.2, 0) is 9.53 Å². The summed E-state index contributed by atoms with van der Waals surface area (Å²) in [6.45, 7) is 6.66. The van der Waals surface area contributed by atoms with E-state index in [1.807, 2.05) is 0 Å². The molecule has 2 saturated heterocycles. The van der Waals surface area contributed by atoms with Crippen LogP contribution in [0.2, 0.25) is 0 Å². The molecular formula is C18H31N3O2. The zero-order valence-corrected chi connectivity index (χ0v) is 14.3. The van der Waals surface area contributed by atoms with Crippen LogP contribution in [0.4, 0.5) is 0 Å². The van der Waals surface area contributed by atoms with E-state index in [1.54, 1.807) is 0 Å². The van der Waals surface area contributed by atoms with E-state index in [9.17, 15) is 4.79 Å². The third-order valence-corrected chi connectivity index (χ3v) is 6.40. The largest absolute Gasteiger partial charge is 0.379 e. The van der Waals surface area contributed by atoms with Gasteiger partial charge in [-0.1, -0.05) is 12.8 Å². The highest BCUT2D eigenvalue weighted by molar-refractivity contribution is 5.86. The first-order valence-electron chi connectivity index (χ1n) is 9.63. The van der Waals surface area contributed by atoms with E-state index < -0.39 is 0 Å². The molecule has 5 heteroatoms. The topological polar surface area (TPSA) is 44.8 Å². The van der Waals surface area contributed by atoms with Crippen molar-refractivity contribution < 1.29 is 9.53 Å². The van der Waals surface area contributed by atoms with Crippen LogP contribution in [0.1, 0.15) is 44.9 Å². The van der Waals surface area contributed by atoms with Gasteiger partial charge in [0.2, 0.25) is 5.91 Å². The second-order valence-electron chi connectivity index (χ2n) is 7.93. The number of carbonyl (C=O) groups is 1. The summed E-state index contributed by atoms with van der Waals surface area (Å²) in [5.74, 6) is 0.949. The van der Waals surface area contributed by atoms with Crippen molar-refractivity contribution in [1.82, 2.24) is 15.1 Å². The van der Waals surface area contributed by atoms with Gasteiger partial charge in [-0.25, -0.2) is 0 Å². The van der Waals surface area contributed by atoms with Crippen molar-refractivity contribution in [2.75, 3.05) is 45.9 Å². The number of nitrogens with one attached hydrogen (secondary N) is 1. The Kier molecular flexibility index (Phi) is 4.61. The van der Waals surface area contributed by atoms with E-state index in [1.165, 1.54) is 45.2 Å². The first kappa shape index (κ1) is 15.9. The van der Waals surface area contributed by atoms with Crippen LogP contribution < -0.4 is 5.32 Å². The molecule has 0 aromatic rings. The molecule has 4 rings (SSSR count). The second kappa shape index (κ2) is 6.69. The second-order valence-corrected chi connectivity index (χ2v) is 7.93. The van der Waals surface area contributed by atoms with Crippen molar-refractivity contribution in [3.8, 4) is 0 Å². The first-order valence-corrected chi connectivity index (χ1v) is 9.63. The quantitative estimate of drug-likeness (QED) is 0.827. The predicted octanol–water partition coefficient (Wildman–Crippen LogP) is 1.23. The number of amides is 1. The Labute approximate surface area is 139 Å². The van der Waals surface area contributed by atoms with Gasteiger partial charge in [0.05, 0.1) is 13.2 Å². The van der Waals surface area contributed by atoms with Gasteiger partial charge in [0.1, 0.15) is 5.54 Å². The number of morpholine rings is 1. The van der Waals surface area contributed by atoms with Gasteiger partial charge in [-0.2, -0.15) is 0 Å². The van der Waals surface area contributed by atoms with Crippen molar-refractivity contribution in [3.05, 3.63) is 0 Å². The molecule has 2 saturated carbocycles. The van der Waals surface area contributed by atoms with Crippen LogP contribution in [0, 0.1) is 5.92 Å². The van der Waals surface area contributed by atoms with E-state index in [4.69, 9.17) is 4.74 Å². The van der Waals surface area contributed by atoms with Gasteiger partial charge in [0.25, 0.3) is 0 Å². The maximum absolute atomic E-state index is 13.0. The number of rotatable bonds is 5. The van der Waals surface area contributed by atoms with Crippen molar-refractivity contribution in [2.24, 2.45) is 5.92 Å². The van der Waals surface area contributed by atoms with Crippen molar-refractivity contribution in [1.29, 1.82) is 0 Å². The number of ether oxygens (including phenoxy) is 1. The molecule has 1 N–H and O–H groups in total. The van der Waals surface area contributed by atoms with Gasteiger partial charge in [-0.15, -0.1) is 0 Å². The molecule has 4 fully saturated rings. The highest BCUT2D eigenvalue weighted by Crippen LogP contribution is 2.36. The zero-order chi connectivity index (χ0) is 15.7. The highest BCUT2D eigenvalue weighted by Gasteiger charge is 2.46. The highest BCUT2D eigenvalue weighted by atomic mass is 16.5. The number of carbonyl (C=O) groups excluding carboxylic acids is 1. The molecule has 0 spiro atoms. The Bertz CT molecular complexity index is 426. The van der Waals surface area contributed by atoms with Gasteiger partial charge in [0.15, 0.2) is 0 Å². The molecule has 1 atom stereocenters. The van der Waals surface area contributed by atoms with Crippen molar-refractivity contribution >= 4 is 5.91 Å². The standard InChI is InChI=1S/C18H31N3O2/c22-17(19-13-15-5-8-20(14-15)16-3-4-16)18(6-1-2-7-18)21-9-11-23-12-10-21/h15-16H,1-14H2,(H,19,22)/t15-/m1/s1. The van der Waals surface area contributed by atoms with Crippen LogP contribution in [0.25, 0.3) is 0 Å². The summed E-state index contributed by atoms with van der Waals surface area (Å²) in [4.78, 5) is 18.1. The lowest BCUT2D eigenvalue weighted by Crippen LogP contribution is -2.60. The smallest absolute Gasteiger partial charge is 0.240 e. The molecule has 0 bridgehead atoms. The molecule has 0 unspecified atom stereocenters. The SMILES string of the molecule is O=C(NC[C@H]1CCN(C2CC2)C1)C1(N2CCOCC2)CCCC1. The first-order chi connectivity index (χ1) is 11.3. The third kappa shape index (κ3) is 3.28. The molecule has 0 aromatic heterocycles. The number of hydrogen-bond donors (Lipinski definition) is 1. The molecular weight excluding hydrogens is 290 g/mol.